The van der Waals surface area contributed by atoms with Crippen molar-refractivity contribution in [3.8, 4) is 6.07 Å². The van der Waals surface area contributed by atoms with Gasteiger partial charge in [-0.05, 0) is 18.2 Å². The van der Waals surface area contributed by atoms with Gasteiger partial charge >= 0.3 is 0 Å². The molecule has 0 aliphatic carbocycles. The van der Waals surface area contributed by atoms with Crippen molar-refractivity contribution in [3.63, 3.8) is 0 Å². The average Bonchev–Trinajstić information content (AvgIpc) is 2.42. The molecule has 0 unspecified atom stereocenters. The number of carbonyl (C=O) groups excluding carboxylic acids is 1. The molecule has 1 aliphatic rings. The number of nitrogens with one attached hydrogen (secondary N) is 2. The summed E-state index contributed by atoms with van der Waals surface area (Å²) in [5.41, 5.74) is 0.961. The van der Waals surface area contributed by atoms with E-state index >= 15 is 0 Å². The molecule has 1 aromatic rings. The third kappa shape index (κ3) is 3.93. The fraction of sp³-hybridized carbons (Fsp3) is 0.385. The van der Waals surface area contributed by atoms with Crippen LogP contribution in [0.5, 0.6) is 0 Å². The summed E-state index contributed by atoms with van der Waals surface area (Å²) in [6.07, 6.45) is 0. The van der Waals surface area contributed by atoms with Gasteiger partial charge in [0, 0.05) is 31.9 Å². The first-order valence-corrected chi connectivity index (χ1v) is 6.49. The van der Waals surface area contributed by atoms with Crippen LogP contribution in [0.2, 0.25) is 5.02 Å². The second-order valence-corrected chi connectivity index (χ2v) is 4.79. The summed E-state index contributed by atoms with van der Waals surface area (Å²) in [6.45, 7) is 3.93. The van der Waals surface area contributed by atoms with Gasteiger partial charge in [-0.25, -0.2) is 0 Å². The largest absolute Gasteiger partial charge is 0.325 e. The molecule has 2 rings (SSSR count). The standard InChI is InChI=1S/C13H15ClN4O/c14-12-2-1-11(7-10(12)8-15)17-13(19)9-18-5-3-16-4-6-18/h1-2,7,16H,3-6,9H2,(H,17,19). The van der Waals surface area contributed by atoms with Crippen LogP contribution >= 0.6 is 11.6 Å². The number of piperazine rings is 1. The Bertz CT molecular complexity index is 506. The Hall–Kier alpha value is -1.61. The minimum atomic E-state index is -0.0758. The first-order chi connectivity index (χ1) is 9.19. The van der Waals surface area contributed by atoms with Crippen molar-refractivity contribution in [1.29, 1.82) is 5.26 Å². The lowest BCUT2D eigenvalue weighted by Gasteiger charge is -2.26. The number of carbonyl (C=O) groups is 1. The van der Waals surface area contributed by atoms with Crippen LogP contribution in [0.4, 0.5) is 5.69 Å². The summed E-state index contributed by atoms with van der Waals surface area (Å²) in [6, 6.07) is 6.87. The van der Waals surface area contributed by atoms with E-state index in [1.165, 1.54) is 0 Å². The Morgan fingerprint density at radius 3 is 2.89 bits per heavy atom. The summed E-state index contributed by atoms with van der Waals surface area (Å²) < 4.78 is 0. The average molecular weight is 279 g/mol. The maximum atomic E-state index is 11.9. The van der Waals surface area contributed by atoms with Gasteiger partial charge in [0.25, 0.3) is 0 Å². The number of hydrogen-bond donors (Lipinski definition) is 2. The molecule has 0 aromatic heterocycles. The topological polar surface area (TPSA) is 68.2 Å². The van der Waals surface area contributed by atoms with Crippen LogP contribution in [0.1, 0.15) is 5.56 Å². The number of anilines is 1. The highest BCUT2D eigenvalue weighted by Crippen LogP contribution is 2.19. The fourth-order valence-electron chi connectivity index (χ4n) is 1.96. The quantitative estimate of drug-likeness (QED) is 0.867. The molecular weight excluding hydrogens is 264 g/mol. The SMILES string of the molecule is N#Cc1cc(NC(=O)CN2CCNCC2)ccc1Cl. The maximum Gasteiger partial charge on any atom is 0.238 e. The van der Waals surface area contributed by atoms with E-state index in [1.54, 1.807) is 18.2 Å². The highest BCUT2D eigenvalue weighted by Gasteiger charge is 2.13. The first kappa shape index (κ1) is 13.8. The molecule has 100 valence electrons. The zero-order valence-electron chi connectivity index (χ0n) is 10.4. The van der Waals surface area contributed by atoms with Crippen molar-refractivity contribution in [2.45, 2.75) is 0 Å². The van der Waals surface area contributed by atoms with Crippen LogP contribution < -0.4 is 10.6 Å². The van der Waals surface area contributed by atoms with Gasteiger partial charge in [-0.15, -0.1) is 0 Å². The maximum absolute atomic E-state index is 11.9. The molecule has 0 atom stereocenters. The van der Waals surface area contributed by atoms with Crippen molar-refractivity contribution >= 4 is 23.2 Å². The Labute approximate surface area is 117 Å². The summed E-state index contributed by atoms with van der Waals surface area (Å²) in [7, 11) is 0. The fourth-order valence-corrected chi connectivity index (χ4v) is 2.12. The molecule has 0 spiro atoms. The molecule has 1 amide bonds. The van der Waals surface area contributed by atoms with Gasteiger partial charge in [-0.2, -0.15) is 5.26 Å². The second-order valence-electron chi connectivity index (χ2n) is 4.38. The lowest BCUT2D eigenvalue weighted by atomic mass is 10.2. The Balaban J connectivity index is 1.93. The van der Waals surface area contributed by atoms with Gasteiger partial charge in [0.15, 0.2) is 0 Å². The lowest BCUT2D eigenvalue weighted by molar-refractivity contribution is -0.117. The Morgan fingerprint density at radius 2 is 2.21 bits per heavy atom. The van der Waals surface area contributed by atoms with Crippen LogP contribution in [0.3, 0.4) is 0 Å². The lowest BCUT2D eigenvalue weighted by Crippen LogP contribution is -2.46. The molecule has 1 fully saturated rings. The molecular formula is C13H15ClN4O. The van der Waals surface area contributed by atoms with E-state index in [-0.39, 0.29) is 5.91 Å². The Kier molecular flexibility index (Phi) is 4.74. The minimum Gasteiger partial charge on any atom is -0.325 e. The van der Waals surface area contributed by atoms with E-state index < -0.39 is 0 Å². The van der Waals surface area contributed by atoms with Crippen molar-refractivity contribution in [1.82, 2.24) is 10.2 Å². The number of halogens is 1. The van der Waals surface area contributed by atoms with E-state index in [0.717, 1.165) is 26.2 Å². The van der Waals surface area contributed by atoms with Gasteiger partial charge in [-0.1, -0.05) is 11.6 Å². The predicted octanol–water partition coefficient (Wildman–Crippen LogP) is 1.06. The molecule has 0 saturated carbocycles. The number of benzene rings is 1. The van der Waals surface area contributed by atoms with Crippen LogP contribution in [0.15, 0.2) is 18.2 Å². The number of hydrogen-bond acceptors (Lipinski definition) is 4. The predicted molar refractivity (Wildman–Crippen MR) is 74.1 cm³/mol. The third-order valence-electron chi connectivity index (χ3n) is 2.95. The van der Waals surface area contributed by atoms with Gasteiger partial charge in [0.05, 0.1) is 17.1 Å². The van der Waals surface area contributed by atoms with Gasteiger partial charge < -0.3 is 10.6 Å². The van der Waals surface area contributed by atoms with Gasteiger partial charge in [0.2, 0.25) is 5.91 Å². The summed E-state index contributed by atoms with van der Waals surface area (Å²) >= 11 is 5.84. The first-order valence-electron chi connectivity index (χ1n) is 6.11. The highest BCUT2D eigenvalue weighted by atomic mass is 35.5. The second kappa shape index (κ2) is 6.53. The van der Waals surface area contributed by atoms with Gasteiger partial charge in [0.1, 0.15) is 6.07 Å². The molecule has 1 aliphatic heterocycles. The summed E-state index contributed by atoms with van der Waals surface area (Å²) in [5, 5.41) is 15.3. The van der Waals surface area contributed by atoms with Crippen LogP contribution in [0, 0.1) is 11.3 Å². The van der Waals surface area contributed by atoms with E-state index in [2.05, 4.69) is 15.5 Å². The monoisotopic (exact) mass is 278 g/mol. The minimum absolute atomic E-state index is 0.0758. The van der Waals surface area contributed by atoms with Crippen LogP contribution in [-0.4, -0.2) is 43.5 Å². The highest BCUT2D eigenvalue weighted by molar-refractivity contribution is 6.31. The third-order valence-corrected chi connectivity index (χ3v) is 3.28. The number of nitriles is 1. The van der Waals surface area contributed by atoms with Gasteiger partial charge in [-0.3, -0.25) is 9.69 Å². The van der Waals surface area contributed by atoms with Crippen LogP contribution in [-0.2, 0) is 4.79 Å². The molecule has 19 heavy (non-hydrogen) atoms. The molecule has 1 heterocycles. The zero-order chi connectivity index (χ0) is 13.7. The number of amides is 1. The normalized spacial score (nSPS) is 15.8. The van der Waals surface area contributed by atoms with E-state index in [1.807, 2.05) is 6.07 Å². The zero-order valence-corrected chi connectivity index (χ0v) is 11.2. The van der Waals surface area contributed by atoms with Crippen molar-refractivity contribution in [2.24, 2.45) is 0 Å². The van der Waals surface area contributed by atoms with E-state index in [0.29, 0.717) is 22.8 Å². The summed E-state index contributed by atoms with van der Waals surface area (Å²) in [4.78, 5) is 14.0. The van der Waals surface area contributed by atoms with Crippen LogP contribution in [0.25, 0.3) is 0 Å². The number of nitrogens with zero attached hydrogens (tertiary/aromatic N) is 2. The molecule has 5 nitrogen and oxygen atoms in total. The Morgan fingerprint density at radius 1 is 1.47 bits per heavy atom. The van der Waals surface area contributed by atoms with Crippen molar-refractivity contribution < 1.29 is 4.79 Å². The number of rotatable bonds is 3. The molecule has 1 saturated heterocycles. The molecule has 6 heteroatoms. The molecule has 2 N–H and O–H groups in total. The molecule has 0 radical (unpaired) electrons. The molecule has 0 bridgehead atoms. The van der Waals surface area contributed by atoms with E-state index in [4.69, 9.17) is 16.9 Å². The summed E-state index contributed by atoms with van der Waals surface area (Å²) in [5.74, 6) is -0.0758. The smallest absolute Gasteiger partial charge is 0.238 e. The molecule has 1 aromatic carbocycles. The van der Waals surface area contributed by atoms with E-state index in [9.17, 15) is 4.79 Å². The van der Waals surface area contributed by atoms with Crippen molar-refractivity contribution in [3.05, 3.63) is 28.8 Å². The van der Waals surface area contributed by atoms with Crippen molar-refractivity contribution in [2.75, 3.05) is 38.0 Å².